The van der Waals surface area contributed by atoms with Crippen molar-refractivity contribution in [2.24, 2.45) is 0 Å². The molecule has 0 saturated carbocycles. The van der Waals surface area contributed by atoms with Crippen molar-refractivity contribution in [3.8, 4) is 5.75 Å². The van der Waals surface area contributed by atoms with Crippen LogP contribution >= 0.6 is 15.9 Å². The van der Waals surface area contributed by atoms with Gasteiger partial charge in [0.05, 0.1) is 18.6 Å². The van der Waals surface area contributed by atoms with Crippen molar-refractivity contribution in [1.82, 2.24) is 9.62 Å². The highest BCUT2D eigenvalue weighted by Gasteiger charge is 2.27. The molecule has 0 heterocycles. The summed E-state index contributed by atoms with van der Waals surface area (Å²) in [6.07, 6.45) is 0.632. The first-order chi connectivity index (χ1) is 15.8. The van der Waals surface area contributed by atoms with Crippen LogP contribution in [0, 0.1) is 6.92 Å². The Hall–Kier alpha value is -2.68. The van der Waals surface area contributed by atoms with Crippen LogP contribution in [0.1, 0.15) is 16.7 Å². The summed E-state index contributed by atoms with van der Waals surface area (Å²) >= 11 is 3.33. The minimum Gasteiger partial charge on any atom is -0.497 e. The van der Waals surface area contributed by atoms with Gasteiger partial charge in [-0.1, -0.05) is 57.9 Å². The number of rotatable bonds is 10. The number of ether oxygens (including phenoxy) is 1. The van der Waals surface area contributed by atoms with Crippen LogP contribution in [-0.2, 0) is 27.8 Å². The molecule has 1 N–H and O–H groups in total. The highest BCUT2D eigenvalue weighted by Crippen LogP contribution is 2.21. The Labute approximate surface area is 203 Å². The number of methoxy groups -OCH3 is 1. The van der Waals surface area contributed by atoms with E-state index in [4.69, 9.17) is 4.74 Å². The summed E-state index contributed by atoms with van der Waals surface area (Å²) in [6.45, 7) is 2.21. The van der Waals surface area contributed by atoms with E-state index in [0.717, 1.165) is 26.9 Å². The predicted molar refractivity (Wildman–Crippen MR) is 133 cm³/mol. The number of hydrogen-bond donors (Lipinski definition) is 1. The molecule has 8 heteroatoms. The number of carbonyl (C=O) groups is 1. The molecule has 0 aliphatic rings. The van der Waals surface area contributed by atoms with Gasteiger partial charge in [0.1, 0.15) is 5.75 Å². The van der Waals surface area contributed by atoms with Crippen molar-refractivity contribution in [3.63, 3.8) is 0 Å². The number of aryl methyl sites for hydroxylation is 1. The SMILES string of the molecule is COc1ccc(CCNC(=O)CN(Cc2ccc(C)cc2)S(=O)(=O)c2ccc(Br)cc2)cc1. The third kappa shape index (κ3) is 7.15. The van der Waals surface area contributed by atoms with Gasteiger partial charge in [-0.2, -0.15) is 4.31 Å². The Bertz CT molecular complexity index is 1160. The number of nitrogens with one attached hydrogen (secondary N) is 1. The van der Waals surface area contributed by atoms with E-state index in [1.165, 1.54) is 16.4 Å². The molecule has 0 aliphatic carbocycles. The van der Waals surface area contributed by atoms with Crippen molar-refractivity contribution in [1.29, 1.82) is 0 Å². The van der Waals surface area contributed by atoms with Gasteiger partial charge in [0.15, 0.2) is 0 Å². The second-order valence-electron chi connectivity index (χ2n) is 7.66. The molecule has 0 aliphatic heterocycles. The Morgan fingerprint density at radius 2 is 1.55 bits per heavy atom. The summed E-state index contributed by atoms with van der Waals surface area (Å²) in [6, 6.07) is 21.6. The number of halogens is 1. The maximum Gasteiger partial charge on any atom is 0.243 e. The van der Waals surface area contributed by atoms with Gasteiger partial charge < -0.3 is 10.1 Å². The Kier molecular flexibility index (Phi) is 8.66. The van der Waals surface area contributed by atoms with Gasteiger partial charge in [-0.15, -0.1) is 0 Å². The summed E-state index contributed by atoms with van der Waals surface area (Å²) in [5, 5.41) is 2.83. The molecule has 3 rings (SSSR count). The summed E-state index contributed by atoms with van der Waals surface area (Å²) < 4.78 is 33.8. The normalized spacial score (nSPS) is 11.4. The summed E-state index contributed by atoms with van der Waals surface area (Å²) in [5.41, 5.74) is 2.94. The van der Waals surface area contributed by atoms with E-state index in [0.29, 0.717) is 13.0 Å². The maximum atomic E-state index is 13.3. The zero-order chi connectivity index (χ0) is 23.8. The summed E-state index contributed by atoms with van der Waals surface area (Å²) in [7, 11) is -2.26. The van der Waals surface area contributed by atoms with E-state index in [-0.39, 0.29) is 23.9 Å². The van der Waals surface area contributed by atoms with Gasteiger partial charge in [0.2, 0.25) is 15.9 Å². The first-order valence-electron chi connectivity index (χ1n) is 10.5. The number of nitrogens with zero attached hydrogens (tertiary/aromatic N) is 1. The van der Waals surface area contributed by atoms with Gasteiger partial charge in [-0.05, 0) is 60.9 Å². The van der Waals surface area contributed by atoms with Crippen LogP contribution < -0.4 is 10.1 Å². The zero-order valence-corrected chi connectivity index (χ0v) is 21.0. The molecule has 3 aromatic rings. The van der Waals surface area contributed by atoms with Crippen LogP contribution in [0.15, 0.2) is 82.2 Å². The molecule has 0 fully saturated rings. The standard InChI is InChI=1S/C25H27BrN2O4S/c1-19-3-5-21(6-4-19)17-28(33(30,31)24-13-9-22(26)10-14-24)18-25(29)27-16-15-20-7-11-23(32-2)12-8-20/h3-14H,15-18H2,1-2H3,(H,27,29). The van der Waals surface area contributed by atoms with E-state index in [1.54, 1.807) is 19.2 Å². The van der Waals surface area contributed by atoms with Crippen LogP contribution in [0.4, 0.5) is 0 Å². The van der Waals surface area contributed by atoms with Gasteiger partial charge >= 0.3 is 0 Å². The molecule has 3 aromatic carbocycles. The molecule has 0 radical (unpaired) electrons. The average molecular weight is 531 g/mol. The Balaban J connectivity index is 1.70. The van der Waals surface area contributed by atoms with Crippen LogP contribution in [0.2, 0.25) is 0 Å². The molecule has 6 nitrogen and oxygen atoms in total. The maximum absolute atomic E-state index is 13.3. The van der Waals surface area contributed by atoms with E-state index < -0.39 is 10.0 Å². The van der Waals surface area contributed by atoms with Crippen molar-refractivity contribution in [2.45, 2.75) is 24.8 Å². The van der Waals surface area contributed by atoms with E-state index in [2.05, 4.69) is 21.2 Å². The highest BCUT2D eigenvalue weighted by atomic mass is 79.9. The van der Waals surface area contributed by atoms with Crippen LogP contribution in [0.25, 0.3) is 0 Å². The molecular weight excluding hydrogens is 504 g/mol. The quantitative estimate of drug-likeness (QED) is 0.423. The minimum absolute atomic E-state index is 0.102. The molecule has 0 saturated heterocycles. The van der Waals surface area contributed by atoms with E-state index >= 15 is 0 Å². The monoisotopic (exact) mass is 530 g/mol. The summed E-state index contributed by atoms with van der Waals surface area (Å²) in [4.78, 5) is 12.8. The number of carbonyl (C=O) groups excluding carboxylic acids is 1. The lowest BCUT2D eigenvalue weighted by Gasteiger charge is -2.22. The van der Waals surface area contributed by atoms with Crippen LogP contribution in [0.5, 0.6) is 5.75 Å². The third-order valence-corrected chi connectivity index (χ3v) is 7.48. The lowest BCUT2D eigenvalue weighted by atomic mass is 10.1. The van der Waals surface area contributed by atoms with E-state index in [1.807, 2.05) is 55.5 Å². The van der Waals surface area contributed by atoms with Gasteiger partial charge in [-0.25, -0.2) is 8.42 Å². The van der Waals surface area contributed by atoms with Gasteiger partial charge in [0.25, 0.3) is 0 Å². The lowest BCUT2D eigenvalue weighted by Crippen LogP contribution is -2.40. The second-order valence-corrected chi connectivity index (χ2v) is 10.5. The molecule has 1 amide bonds. The second kappa shape index (κ2) is 11.4. The fourth-order valence-electron chi connectivity index (χ4n) is 3.23. The summed E-state index contributed by atoms with van der Waals surface area (Å²) in [5.74, 6) is 0.420. The molecule has 0 spiro atoms. The minimum atomic E-state index is -3.87. The Morgan fingerprint density at radius 1 is 0.939 bits per heavy atom. The fraction of sp³-hybridized carbons (Fsp3) is 0.240. The number of amides is 1. The lowest BCUT2D eigenvalue weighted by molar-refractivity contribution is -0.121. The van der Waals surface area contributed by atoms with Gasteiger partial charge in [0, 0.05) is 17.6 Å². The third-order valence-electron chi connectivity index (χ3n) is 5.15. The smallest absolute Gasteiger partial charge is 0.243 e. The average Bonchev–Trinajstić information content (AvgIpc) is 2.81. The largest absolute Gasteiger partial charge is 0.497 e. The number of sulfonamides is 1. The van der Waals surface area contributed by atoms with E-state index in [9.17, 15) is 13.2 Å². The number of benzene rings is 3. The topological polar surface area (TPSA) is 75.7 Å². The van der Waals surface area contributed by atoms with Crippen LogP contribution in [-0.4, -0.2) is 38.8 Å². The van der Waals surface area contributed by atoms with Crippen molar-refractivity contribution < 1.29 is 17.9 Å². The molecule has 33 heavy (non-hydrogen) atoms. The number of hydrogen-bond acceptors (Lipinski definition) is 4. The van der Waals surface area contributed by atoms with Crippen molar-refractivity contribution in [2.75, 3.05) is 20.2 Å². The molecule has 0 aromatic heterocycles. The van der Waals surface area contributed by atoms with Crippen LogP contribution in [0.3, 0.4) is 0 Å². The van der Waals surface area contributed by atoms with Crippen molar-refractivity contribution >= 4 is 31.9 Å². The first kappa shape index (κ1) is 25.0. The molecule has 0 bridgehead atoms. The van der Waals surface area contributed by atoms with Gasteiger partial charge in [-0.3, -0.25) is 4.79 Å². The Morgan fingerprint density at radius 3 is 2.15 bits per heavy atom. The first-order valence-corrected chi connectivity index (χ1v) is 12.7. The van der Waals surface area contributed by atoms with Crippen molar-refractivity contribution in [3.05, 3.63) is 94.0 Å². The molecule has 174 valence electrons. The molecular formula is C25H27BrN2O4S. The molecule has 0 unspecified atom stereocenters. The fourth-order valence-corrected chi connectivity index (χ4v) is 4.88. The zero-order valence-electron chi connectivity index (χ0n) is 18.6. The molecule has 0 atom stereocenters. The highest BCUT2D eigenvalue weighted by molar-refractivity contribution is 9.10. The predicted octanol–water partition coefficient (Wildman–Crippen LogP) is 4.32.